The number of terminal acetylenes is 1. The fourth-order valence-electron chi connectivity index (χ4n) is 1.87. The molecule has 4 nitrogen and oxygen atoms in total. The summed E-state index contributed by atoms with van der Waals surface area (Å²) >= 11 is 1.63. The summed E-state index contributed by atoms with van der Waals surface area (Å²) in [4.78, 5) is 15.5. The lowest BCUT2D eigenvalue weighted by Gasteiger charge is -2.12. The molecule has 0 aliphatic carbocycles. The van der Waals surface area contributed by atoms with E-state index in [1.165, 1.54) is 6.20 Å². The molecule has 0 bridgehead atoms. The van der Waals surface area contributed by atoms with Crippen molar-refractivity contribution in [2.45, 2.75) is 0 Å². The smallest absolute Gasteiger partial charge is 0.339 e. The number of carboxylic acids is 1. The maximum absolute atomic E-state index is 11.3. The van der Waals surface area contributed by atoms with Gasteiger partial charge in [0, 0.05) is 23.9 Å². The van der Waals surface area contributed by atoms with Crippen LogP contribution in [0, 0.1) is 12.3 Å². The summed E-state index contributed by atoms with van der Waals surface area (Å²) in [5.41, 5.74) is 1.58. The Morgan fingerprint density at radius 3 is 3.00 bits per heavy atom. The average Bonchev–Trinajstić information content (AvgIpc) is 2.46. The molecule has 2 aromatic rings. The molecule has 0 spiro atoms. The van der Waals surface area contributed by atoms with Crippen molar-refractivity contribution in [1.82, 2.24) is 4.98 Å². The van der Waals surface area contributed by atoms with Crippen molar-refractivity contribution >= 4 is 34.3 Å². The van der Waals surface area contributed by atoms with Gasteiger partial charge in [-0.3, -0.25) is 4.98 Å². The number of carbonyl (C=O) groups is 1. The molecular formula is C15H14N2O2S. The molecule has 1 aromatic heterocycles. The highest BCUT2D eigenvalue weighted by Gasteiger charge is 2.13. The Hall–Kier alpha value is -2.19. The summed E-state index contributed by atoms with van der Waals surface area (Å²) in [7, 11) is 0. The van der Waals surface area contributed by atoms with Crippen LogP contribution < -0.4 is 5.32 Å². The fraction of sp³-hybridized carbons (Fsp3) is 0.200. The number of carboxylic acid groups (broad SMARTS) is 1. The summed E-state index contributed by atoms with van der Waals surface area (Å²) in [6.45, 7) is 0.653. The van der Waals surface area contributed by atoms with Gasteiger partial charge >= 0.3 is 5.97 Å². The van der Waals surface area contributed by atoms with Crippen LogP contribution in [0.15, 0.2) is 30.5 Å². The number of rotatable bonds is 6. The van der Waals surface area contributed by atoms with Gasteiger partial charge in [-0.2, -0.15) is 0 Å². The Labute approximate surface area is 121 Å². The normalized spacial score (nSPS) is 10.2. The number of nitrogens with one attached hydrogen (secondary N) is 1. The standard InChI is InChI=1S/C15H14N2O2S/c1-2-8-20-9-7-16-14-11-5-3-4-6-13(11)17-10-12(14)15(18)19/h1,3-6,10H,7-9H2,(H,16,17)(H,18,19). The van der Waals surface area contributed by atoms with Crippen LogP contribution in [0.5, 0.6) is 0 Å². The summed E-state index contributed by atoms with van der Waals surface area (Å²) < 4.78 is 0. The van der Waals surface area contributed by atoms with Crippen LogP contribution in [-0.4, -0.2) is 34.1 Å². The van der Waals surface area contributed by atoms with E-state index in [1.54, 1.807) is 11.8 Å². The van der Waals surface area contributed by atoms with Gasteiger partial charge in [0.25, 0.3) is 0 Å². The number of aromatic nitrogens is 1. The maximum atomic E-state index is 11.3. The maximum Gasteiger partial charge on any atom is 0.339 e. The molecule has 0 unspecified atom stereocenters. The number of para-hydroxylation sites is 1. The molecule has 20 heavy (non-hydrogen) atoms. The van der Waals surface area contributed by atoms with Crippen molar-refractivity contribution in [3.63, 3.8) is 0 Å². The summed E-state index contributed by atoms with van der Waals surface area (Å²) in [6.07, 6.45) is 6.57. The van der Waals surface area contributed by atoms with Gasteiger partial charge in [0.05, 0.1) is 17.0 Å². The Bertz CT molecular complexity index is 664. The lowest BCUT2D eigenvalue weighted by Crippen LogP contribution is -2.10. The first-order valence-corrected chi connectivity index (χ1v) is 7.25. The van der Waals surface area contributed by atoms with E-state index in [9.17, 15) is 9.90 Å². The average molecular weight is 286 g/mol. The molecule has 2 rings (SSSR count). The fourth-order valence-corrected chi connectivity index (χ4v) is 2.38. The molecule has 0 saturated carbocycles. The molecule has 5 heteroatoms. The predicted octanol–water partition coefficient (Wildman–Crippen LogP) is 2.71. The van der Waals surface area contributed by atoms with Crippen molar-refractivity contribution in [2.24, 2.45) is 0 Å². The number of anilines is 1. The molecule has 0 fully saturated rings. The minimum Gasteiger partial charge on any atom is -0.478 e. The van der Waals surface area contributed by atoms with Crippen LogP contribution in [0.2, 0.25) is 0 Å². The van der Waals surface area contributed by atoms with E-state index in [1.807, 2.05) is 24.3 Å². The van der Waals surface area contributed by atoms with Gasteiger partial charge < -0.3 is 10.4 Å². The van der Waals surface area contributed by atoms with Crippen molar-refractivity contribution in [3.8, 4) is 12.3 Å². The van der Waals surface area contributed by atoms with Crippen LogP contribution in [0.3, 0.4) is 0 Å². The minimum absolute atomic E-state index is 0.186. The van der Waals surface area contributed by atoms with Crippen molar-refractivity contribution in [3.05, 3.63) is 36.0 Å². The van der Waals surface area contributed by atoms with Crippen molar-refractivity contribution in [2.75, 3.05) is 23.4 Å². The van der Waals surface area contributed by atoms with Crippen molar-refractivity contribution < 1.29 is 9.90 Å². The van der Waals surface area contributed by atoms with E-state index >= 15 is 0 Å². The first-order valence-electron chi connectivity index (χ1n) is 6.10. The quantitative estimate of drug-likeness (QED) is 0.631. The molecule has 0 radical (unpaired) electrons. The highest BCUT2D eigenvalue weighted by molar-refractivity contribution is 7.99. The molecule has 0 saturated heterocycles. The number of hydrogen-bond donors (Lipinski definition) is 2. The van der Waals surface area contributed by atoms with E-state index in [4.69, 9.17) is 6.42 Å². The van der Waals surface area contributed by atoms with Gasteiger partial charge in [-0.1, -0.05) is 24.1 Å². The molecule has 1 heterocycles. The zero-order chi connectivity index (χ0) is 14.4. The minimum atomic E-state index is -0.984. The van der Waals surface area contributed by atoms with Gasteiger partial charge in [-0.05, 0) is 6.07 Å². The second-order valence-electron chi connectivity index (χ2n) is 4.05. The second-order valence-corrected chi connectivity index (χ2v) is 5.16. The van der Waals surface area contributed by atoms with Crippen LogP contribution in [0.1, 0.15) is 10.4 Å². The van der Waals surface area contributed by atoms with Crippen LogP contribution in [-0.2, 0) is 0 Å². The number of thioether (sulfide) groups is 1. The Balaban J connectivity index is 2.26. The summed E-state index contributed by atoms with van der Waals surface area (Å²) in [5, 5.41) is 13.3. The number of nitrogens with zero attached hydrogens (tertiary/aromatic N) is 1. The van der Waals surface area contributed by atoms with E-state index in [0.717, 1.165) is 16.7 Å². The van der Waals surface area contributed by atoms with Crippen LogP contribution in [0.4, 0.5) is 5.69 Å². The Morgan fingerprint density at radius 2 is 2.25 bits per heavy atom. The lowest BCUT2D eigenvalue weighted by molar-refractivity contribution is 0.0697. The third kappa shape index (κ3) is 3.22. The number of hydrogen-bond acceptors (Lipinski definition) is 4. The topological polar surface area (TPSA) is 62.2 Å². The monoisotopic (exact) mass is 286 g/mol. The number of pyridine rings is 1. The molecule has 1 aromatic carbocycles. The molecular weight excluding hydrogens is 272 g/mol. The van der Waals surface area contributed by atoms with Gasteiger partial charge in [0.2, 0.25) is 0 Å². The molecule has 0 amide bonds. The Kier molecular flexibility index (Phi) is 4.85. The number of aromatic carboxylic acids is 1. The summed E-state index contributed by atoms with van der Waals surface area (Å²) in [6, 6.07) is 7.47. The first kappa shape index (κ1) is 14.2. The van der Waals surface area contributed by atoms with Gasteiger partial charge in [0.1, 0.15) is 5.56 Å². The van der Waals surface area contributed by atoms with Crippen LogP contribution >= 0.6 is 11.8 Å². The zero-order valence-electron chi connectivity index (χ0n) is 10.8. The third-order valence-electron chi connectivity index (χ3n) is 2.74. The lowest BCUT2D eigenvalue weighted by atomic mass is 10.1. The van der Waals surface area contributed by atoms with Gasteiger partial charge in [-0.15, -0.1) is 18.2 Å². The van der Waals surface area contributed by atoms with E-state index in [-0.39, 0.29) is 5.56 Å². The van der Waals surface area contributed by atoms with Crippen molar-refractivity contribution in [1.29, 1.82) is 0 Å². The van der Waals surface area contributed by atoms with E-state index < -0.39 is 5.97 Å². The SMILES string of the molecule is C#CCSCCNc1c(C(=O)O)cnc2ccccc12. The van der Waals surface area contributed by atoms with Gasteiger partial charge in [0.15, 0.2) is 0 Å². The molecule has 0 aliphatic heterocycles. The predicted molar refractivity (Wildman–Crippen MR) is 83.4 cm³/mol. The second kappa shape index (κ2) is 6.83. The number of benzene rings is 1. The molecule has 2 N–H and O–H groups in total. The first-order chi connectivity index (χ1) is 9.74. The highest BCUT2D eigenvalue weighted by Crippen LogP contribution is 2.25. The highest BCUT2D eigenvalue weighted by atomic mass is 32.2. The Morgan fingerprint density at radius 1 is 1.45 bits per heavy atom. The zero-order valence-corrected chi connectivity index (χ0v) is 11.6. The largest absolute Gasteiger partial charge is 0.478 e. The third-order valence-corrected chi connectivity index (χ3v) is 3.60. The van der Waals surface area contributed by atoms with Crippen LogP contribution in [0.25, 0.3) is 10.9 Å². The molecule has 0 aliphatic rings. The molecule has 102 valence electrons. The van der Waals surface area contributed by atoms with E-state index in [0.29, 0.717) is 18.0 Å². The van der Waals surface area contributed by atoms with E-state index in [2.05, 4.69) is 16.2 Å². The number of fused-ring (bicyclic) bond motifs is 1. The van der Waals surface area contributed by atoms with Gasteiger partial charge in [-0.25, -0.2) is 4.79 Å². The molecule has 0 atom stereocenters. The summed E-state index contributed by atoms with van der Waals surface area (Å²) in [5.74, 6) is 3.05.